The maximum absolute atomic E-state index is 13.6. The second-order valence-electron chi connectivity index (χ2n) is 4.58. The molecular weight excluding hydrogens is 287 g/mol. The first-order valence-electron chi connectivity index (χ1n) is 6.10. The largest absolute Gasteiger partial charge is 0.327 e. The molecule has 0 spiro atoms. The minimum Gasteiger partial charge on any atom is -0.327 e. The van der Waals surface area contributed by atoms with Gasteiger partial charge in [-0.2, -0.15) is 0 Å². The molecule has 0 aliphatic heterocycles. The quantitative estimate of drug-likeness (QED) is 0.911. The number of hydrogen-bond acceptors (Lipinski definition) is 1. The fourth-order valence-electron chi connectivity index (χ4n) is 2.05. The summed E-state index contributed by atoms with van der Waals surface area (Å²) in [5.41, 5.74) is 6.34. The molecule has 2 N–H and O–H groups in total. The summed E-state index contributed by atoms with van der Waals surface area (Å²) in [6.07, 6.45) is 0.260. The Morgan fingerprint density at radius 2 is 1.60 bits per heavy atom. The topological polar surface area (TPSA) is 26.0 Å². The van der Waals surface area contributed by atoms with Crippen molar-refractivity contribution in [3.63, 3.8) is 0 Å². The van der Waals surface area contributed by atoms with Crippen molar-refractivity contribution in [3.05, 3.63) is 70.0 Å². The lowest BCUT2D eigenvalue weighted by Crippen LogP contribution is -2.26. The Bertz CT molecular complexity index is 596. The average molecular weight is 300 g/mol. The molecule has 0 heterocycles. The van der Waals surface area contributed by atoms with Crippen LogP contribution in [-0.2, 0) is 12.8 Å². The van der Waals surface area contributed by atoms with E-state index < -0.39 is 23.5 Å². The van der Waals surface area contributed by atoms with Crippen LogP contribution < -0.4 is 5.73 Å². The molecule has 0 aliphatic rings. The zero-order chi connectivity index (χ0) is 14.7. The molecule has 0 bridgehead atoms. The molecule has 5 heteroatoms. The lowest BCUT2D eigenvalue weighted by atomic mass is 9.99. The number of halogens is 4. The third-order valence-corrected chi connectivity index (χ3v) is 3.40. The predicted molar refractivity (Wildman–Crippen MR) is 73.2 cm³/mol. The average Bonchev–Trinajstić information content (AvgIpc) is 2.39. The minimum absolute atomic E-state index is 0.105. The Kier molecular flexibility index (Phi) is 4.68. The van der Waals surface area contributed by atoms with Gasteiger partial charge in [0.25, 0.3) is 0 Å². The van der Waals surface area contributed by atoms with E-state index in [9.17, 15) is 13.2 Å². The summed E-state index contributed by atoms with van der Waals surface area (Å²) in [7, 11) is 0. The van der Waals surface area contributed by atoms with E-state index in [1.165, 1.54) is 24.3 Å². The third kappa shape index (κ3) is 3.32. The third-order valence-electron chi connectivity index (χ3n) is 3.04. The van der Waals surface area contributed by atoms with E-state index in [4.69, 9.17) is 17.3 Å². The van der Waals surface area contributed by atoms with E-state index in [1.54, 1.807) is 6.07 Å². The molecule has 2 rings (SSSR count). The van der Waals surface area contributed by atoms with E-state index >= 15 is 0 Å². The van der Waals surface area contributed by atoms with Crippen molar-refractivity contribution in [2.75, 3.05) is 0 Å². The fraction of sp³-hybridized carbons (Fsp3) is 0.200. The number of nitrogens with two attached hydrogens (primary N) is 1. The van der Waals surface area contributed by atoms with Crippen LogP contribution in [0.2, 0.25) is 5.02 Å². The molecule has 1 unspecified atom stereocenters. The first-order chi connectivity index (χ1) is 9.49. The molecule has 1 atom stereocenters. The molecule has 0 radical (unpaired) electrons. The summed E-state index contributed by atoms with van der Waals surface area (Å²) in [6, 6.07) is 7.71. The lowest BCUT2D eigenvalue weighted by molar-refractivity contribution is 0.491. The van der Waals surface area contributed by atoms with Gasteiger partial charge in [-0.1, -0.05) is 29.8 Å². The Hall–Kier alpha value is -1.52. The second kappa shape index (κ2) is 6.29. The van der Waals surface area contributed by atoms with Crippen LogP contribution in [0.1, 0.15) is 11.1 Å². The highest BCUT2D eigenvalue weighted by Gasteiger charge is 2.15. The van der Waals surface area contributed by atoms with Crippen molar-refractivity contribution in [1.29, 1.82) is 0 Å². The van der Waals surface area contributed by atoms with Gasteiger partial charge < -0.3 is 5.73 Å². The summed E-state index contributed by atoms with van der Waals surface area (Å²) < 4.78 is 40.2. The van der Waals surface area contributed by atoms with Crippen LogP contribution in [0.3, 0.4) is 0 Å². The molecular formula is C15H13ClF3N. The molecule has 0 amide bonds. The van der Waals surface area contributed by atoms with Crippen LogP contribution in [0, 0.1) is 17.5 Å². The normalized spacial score (nSPS) is 12.4. The van der Waals surface area contributed by atoms with Crippen LogP contribution in [0.25, 0.3) is 0 Å². The van der Waals surface area contributed by atoms with Gasteiger partial charge in [0, 0.05) is 16.6 Å². The monoisotopic (exact) mass is 299 g/mol. The standard InChI is InChI=1S/C15H13ClF3N/c16-12-4-2-5-13(17)11(12)8-10(20)7-9-3-1-6-14(18)15(9)19/h1-6,10H,7-8,20H2. The first-order valence-corrected chi connectivity index (χ1v) is 6.48. The van der Waals surface area contributed by atoms with Gasteiger partial charge in [-0.3, -0.25) is 0 Å². The van der Waals surface area contributed by atoms with Gasteiger partial charge in [0.2, 0.25) is 0 Å². The molecule has 106 valence electrons. The van der Waals surface area contributed by atoms with E-state index in [0.717, 1.165) is 6.07 Å². The fourth-order valence-corrected chi connectivity index (χ4v) is 2.29. The molecule has 1 nitrogen and oxygen atoms in total. The number of rotatable bonds is 4. The molecule has 0 aromatic heterocycles. The molecule has 0 saturated carbocycles. The first kappa shape index (κ1) is 14.9. The van der Waals surface area contributed by atoms with Crippen LogP contribution in [-0.4, -0.2) is 6.04 Å². The highest BCUT2D eigenvalue weighted by Crippen LogP contribution is 2.21. The Labute approximate surface area is 120 Å². The highest BCUT2D eigenvalue weighted by atomic mass is 35.5. The van der Waals surface area contributed by atoms with Gasteiger partial charge in [0.15, 0.2) is 11.6 Å². The molecule has 2 aromatic rings. The van der Waals surface area contributed by atoms with E-state index in [0.29, 0.717) is 5.56 Å². The summed E-state index contributed by atoms with van der Waals surface area (Å²) >= 11 is 5.90. The van der Waals surface area contributed by atoms with Crippen molar-refractivity contribution < 1.29 is 13.2 Å². The van der Waals surface area contributed by atoms with Gasteiger partial charge in [0.1, 0.15) is 5.82 Å². The summed E-state index contributed by atoms with van der Waals surface area (Å²) in [4.78, 5) is 0. The summed E-state index contributed by atoms with van der Waals surface area (Å²) in [5, 5.41) is 0.278. The Balaban J connectivity index is 2.13. The van der Waals surface area contributed by atoms with Crippen molar-refractivity contribution >= 4 is 11.6 Å². The zero-order valence-corrected chi connectivity index (χ0v) is 11.3. The SMILES string of the molecule is NC(Cc1cccc(F)c1F)Cc1c(F)cccc1Cl. The van der Waals surface area contributed by atoms with Crippen molar-refractivity contribution in [2.24, 2.45) is 5.73 Å². The van der Waals surface area contributed by atoms with Gasteiger partial charge in [-0.15, -0.1) is 0 Å². The van der Waals surface area contributed by atoms with E-state index in [1.807, 2.05) is 0 Å². The summed E-state index contributed by atoms with van der Waals surface area (Å²) in [6.45, 7) is 0. The van der Waals surface area contributed by atoms with Crippen molar-refractivity contribution in [2.45, 2.75) is 18.9 Å². The van der Waals surface area contributed by atoms with E-state index in [-0.39, 0.29) is 23.4 Å². The molecule has 0 saturated heterocycles. The molecule has 20 heavy (non-hydrogen) atoms. The van der Waals surface area contributed by atoms with Crippen LogP contribution in [0.15, 0.2) is 36.4 Å². The molecule has 0 aliphatic carbocycles. The van der Waals surface area contributed by atoms with Crippen LogP contribution in [0.4, 0.5) is 13.2 Å². The minimum atomic E-state index is -0.918. The molecule has 0 fully saturated rings. The van der Waals surface area contributed by atoms with Crippen molar-refractivity contribution in [3.8, 4) is 0 Å². The maximum Gasteiger partial charge on any atom is 0.162 e. The Morgan fingerprint density at radius 3 is 2.30 bits per heavy atom. The molecule has 2 aromatic carbocycles. The number of benzene rings is 2. The van der Waals surface area contributed by atoms with Gasteiger partial charge in [0.05, 0.1) is 0 Å². The van der Waals surface area contributed by atoms with Crippen molar-refractivity contribution in [1.82, 2.24) is 0 Å². The Morgan fingerprint density at radius 1 is 0.950 bits per heavy atom. The van der Waals surface area contributed by atoms with E-state index in [2.05, 4.69) is 0 Å². The number of hydrogen-bond donors (Lipinski definition) is 1. The smallest absolute Gasteiger partial charge is 0.162 e. The van der Waals surface area contributed by atoms with Crippen LogP contribution >= 0.6 is 11.6 Å². The summed E-state index contributed by atoms with van der Waals surface area (Å²) in [5.74, 6) is -2.28. The van der Waals surface area contributed by atoms with Crippen LogP contribution in [0.5, 0.6) is 0 Å². The predicted octanol–water partition coefficient (Wildman–Crippen LogP) is 3.87. The zero-order valence-electron chi connectivity index (χ0n) is 10.5. The van der Waals surface area contributed by atoms with Gasteiger partial charge in [-0.05, 0) is 36.6 Å². The lowest BCUT2D eigenvalue weighted by Gasteiger charge is -2.14. The van der Waals surface area contributed by atoms with Gasteiger partial charge in [-0.25, -0.2) is 13.2 Å². The second-order valence-corrected chi connectivity index (χ2v) is 4.99. The maximum atomic E-state index is 13.6. The van der Waals surface area contributed by atoms with Gasteiger partial charge >= 0.3 is 0 Å². The highest BCUT2D eigenvalue weighted by molar-refractivity contribution is 6.31.